The van der Waals surface area contributed by atoms with E-state index in [1.807, 2.05) is 34.6 Å². The molecule has 3 fully saturated rings. The summed E-state index contributed by atoms with van der Waals surface area (Å²) in [5.74, 6) is -3.23. The summed E-state index contributed by atoms with van der Waals surface area (Å²) >= 11 is 0. The molecule has 0 radical (unpaired) electrons. The number of carbonyl (C=O) groups excluding carboxylic acids is 1. The molecule has 0 N–H and O–H groups in total. The predicted octanol–water partition coefficient (Wildman–Crippen LogP) is 3.57. The van der Waals surface area contributed by atoms with Crippen molar-refractivity contribution in [2.24, 2.45) is 5.41 Å². The number of ketones is 1. The summed E-state index contributed by atoms with van der Waals surface area (Å²) in [5, 5.41) is -1.39. The lowest BCUT2D eigenvalue weighted by Gasteiger charge is -2.55. The summed E-state index contributed by atoms with van der Waals surface area (Å²) in [6.07, 6.45) is 0.735. The van der Waals surface area contributed by atoms with Gasteiger partial charge in [-0.25, -0.2) is 8.42 Å². The molecule has 2 aliphatic carbocycles. The van der Waals surface area contributed by atoms with Gasteiger partial charge in [-0.3, -0.25) is 4.79 Å². The molecule has 1 aromatic carbocycles. The fourth-order valence-electron chi connectivity index (χ4n) is 6.57. The molecule has 1 unspecified atom stereocenters. The molecule has 4 aliphatic rings. The van der Waals surface area contributed by atoms with Crippen molar-refractivity contribution in [2.75, 3.05) is 13.2 Å². The van der Waals surface area contributed by atoms with E-state index in [1.165, 1.54) is 12.1 Å². The van der Waals surface area contributed by atoms with Gasteiger partial charge in [-0.15, -0.1) is 0 Å². The summed E-state index contributed by atoms with van der Waals surface area (Å²) in [6.45, 7) is 10.2. The number of hydrogen-bond acceptors (Lipinski definition) is 7. The fourth-order valence-corrected chi connectivity index (χ4v) is 8.30. The Bertz CT molecular complexity index is 1110. The molecule has 2 aliphatic heterocycles. The quantitative estimate of drug-likeness (QED) is 0.603. The first kappa shape index (κ1) is 23.2. The van der Waals surface area contributed by atoms with Gasteiger partial charge in [0.15, 0.2) is 15.6 Å². The lowest BCUT2D eigenvalue weighted by atomic mass is 9.56. The van der Waals surface area contributed by atoms with Crippen LogP contribution in [0.5, 0.6) is 0 Å². The van der Waals surface area contributed by atoms with Crippen molar-refractivity contribution in [3.63, 3.8) is 0 Å². The maximum absolute atomic E-state index is 14.3. The Morgan fingerprint density at radius 2 is 1.64 bits per heavy atom. The van der Waals surface area contributed by atoms with Gasteiger partial charge in [-0.2, -0.15) is 0 Å². The van der Waals surface area contributed by atoms with E-state index in [9.17, 15) is 13.2 Å². The average Bonchev–Trinajstić information content (AvgIpc) is 3.32. The Kier molecular flexibility index (Phi) is 5.07. The van der Waals surface area contributed by atoms with Crippen LogP contribution < -0.4 is 0 Å². The second-order valence-corrected chi connectivity index (χ2v) is 12.7. The van der Waals surface area contributed by atoms with Crippen LogP contribution in [0.15, 0.2) is 46.4 Å². The number of fused-ring (bicyclic) bond motifs is 2. The van der Waals surface area contributed by atoms with Crippen LogP contribution in [-0.4, -0.2) is 55.9 Å². The van der Waals surface area contributed by atoms with E-state index < -0.39 is 49.6 Å². The standard InChI is InChI=1S/C25H32O7S/c1-16-11-12-24-19(31-23(4,5)32-24)15-18(33(27,28)17-9-7-6-8-10-17)21(26)25(29-13-14-30-25)20(16)22(24,2)3/h6-10,18-19H,11-15H2,1-5H3/t18?,19-,24+/m0/s1. The molecule has 2 bridgehead atoms. The first-order valence-corrected chi connectivity index (χ1v) is 13.1. The number of sulfone groups is 1. The van der Waals surface area contributed by atoms with E-state index in [2.05, 4.69) is 0 Å². The van der Waals surface area contributed by atoms with E-state index in [0.717, 1.165) is 5.57 Å². The Balaban J connectivity index is 1.77. The highest BCUT2D eigenvalue weighted by atomic mass is 32.2. The van der Waals surface area contributed by atoms with Crippen LogP contribution in [-0.2, 0) is 33.6 Å². The van der Waals surface area contributed by atoms with Crippen LogP contribution in [0.3, 0.4) is 0 Å². The zero-order valence-electron chi connectivity index (χ0n) is 19.8. The predicted molar refractivity (Wildman–Crippen MR) is 120 cm³/mol. The van der Waals surface area contributed by atoms with Crippen LogP contribution in [0.1, 0.15) is 53.9 Å². The van der Waals surface area contributed by atoms with Gasteiger partial charge >= 0.3 is 0 Å². The largest absolute Gasteiger partial charge is 0.344 e. The molecule has 2 saturated heterocycles. The molecule has 8 heteroatoms. The van der Waals surface area contributed by atoms with Gasteiger partial charge < -0.3 is 18.9 Å². The third-order valence-corrected chi connectivity index (χ3v) is 9.95. The molecule has 1 aromatic rings. The van der Waals surface area contributed by atoms with Gasteiger partial charge in [0.25, 0.3) is 5.79 Å². The monoisotopic (exact) mass is 476 g/mol. The highest BCUT2D eigenvalue weighted by Gasteiger charge is 2.71. The lowest BCUT2D eigenvalue weighted by molar-refractivity contribution is -0.203. The van der Waals surface area contributed by atoms with Crippen molar-refractivity contribution in [1.82, 2.24) is 0 Å². The van der Waals surface area contributed by atoms with Gasteiger partial charge in [0.2, 0.25) is 5.78 Å². The average molecular weight is 477 g/mol. The third kappa shape index (κ3) is 3.07. The molecule has 33 heavy (non-hydrogen) atoms. The number of hydrogen-bond donors (Lipinski definition) is 0. The highest BCUT2D eigenvalue weighted by molar-refractivity contribution is 7.92. The number of benzene rings is 1. The normalized spacial score (nSPS) is 34.8. The van der Waals surface area contributed by atoms with Gasteiger partial charge in [0, 0.05) is 17.4 Å². The molecule has 0 aromatic heterocycles. The first-order chi connectivity index (χ1) is 15.4. The summed E-state index contributed by atoms with van der Waals surface area (Å²) in [6, 6.07) is 8.10. The van der Waals surface area contributed by atoms with Crippen molar-refractivity contribution in [3.05, 3.63) is 41.5 Å². The fraction of sp³-hybridized carbons (Fsp3) is 0.640. The molecular weight excluding hydrogens is 444 g/mol. The number of rotatable bonds is 2. The Morgan fingerprint density at radius 1 is 1.00 bits per heavy atom. The van der Waals surface area contributed by atoms with Gasteiger partial charge in [0.1, 0.15) is 10.9 Å². The van der Waals surface area contributed by atoms with E-state index >= 15 is 0 Å². The minimum atomic E-state index is -4.05. The van der Waals surface area contributed by atoms with E-state index in [-0.39, 0.29) is 24.5 Å². The molecule has 2 heterocycles. The third-order valence-electron chi connectivity index (χ3n) is 7.87. The molecule has 2 spiro atoms. The molecule has 1 saturated carbocycles. The van der Waals surface area contributed by atoms with Crippen molar-refractivity contribution < 1.29 is 32.2 Å². The molecule has 0 amide bonds. The molecule has 180 valence electrons. The van der Waals surface area contributed by atoms with Crippen LogP contribution in [0.25, 0.3) is 0 Å². The second kappa shape index (κ2) is 7.21. The Hall–Kier alpha value is -1.58. The molecule has 5 rings (SSSR count). The number of carbonyl (C=O) groups is 1. The number of ether oxygens (including phenoxy) is 4. The summed E-state index contributed by atoms with van der Waals surface area (Å²) in [4.78, 5) is 14.4. The van der Waals surface area contributed by atoms with Crippen LogP contribution in [0.4, 0.5) is 0 Å². The van der Waals surface area contributed by atoms with Gasteiger partial charge in [0.05, 0.1) is 24.2 Å². The zero-order valence-corrected chi connectivity index (χ0v) is 20.7. The van der Waals surface area contributed by atoms with Gasteiger partial charge in [-0.1, -0.05) is 37.6 Å². The van der Waals surface area contributed by atoms with Crippen molar-refractivity contribution in [1.29, 1.82) is 0 Å². The van der Waals surface area contributed by atoms with Crippen LogP contribution >= 0.6 is 0 Å². The second-order valence-electron chi connectivity index (χ2n) is 10.5. The molecular formula is C25H32O7S. The van der Waals surface area contributed by atoms with E-state index in [4.69, 9.17) is 18.9 Å². The topological polar surface area (TPSA) is 88.1 Å². The first-order valence-electron chi connectivity index (χ1n) is 11.6. The van der Waals surface area contributed by atoms with Crippen LogP contribution in [0, 0.1) is 5.41 Å². The maximum Gasteiger partial charge on any atom is 0.254 e. The number of Topliss-reactive ketones (excluding diaryl/α,β-unsaturated/α-hetero) is 1. The lowest BCUT2D eigenvalue weighted by Crippen LogP contribution is -2.65. The van der Waals surface area contributed by atoms with Crippen molar-refractivity contribution >= 4 is 15.6 Å². The highest BCUT2D eigenvalue weighted by Crippen LogP contribution is 2.62. The van der Waals surface area contributed by atoms with E-state index in [1.54, 1.807) is 18.2 Å². The number of allylic oxidation sites excluding steroid dienone is 1. The van der Waals surface area contributed by atoms with Crippen molar-refractivity contribution in [3.8, 4) is 0 Å². The van der Waals surface area contributed by atoms with Crippen LogP contribution in [0.2, 0.25) is 0 Å². The summed E-state index contributed by atoms with van der Waals surface area (Å²) in [5.41, 5.74) is 0.155. The SMILES string of the molecule is CC1=C2C3(OCCO3)C(=O)C(S(=O)(=O)c3ccccc3)C[C@@H]3OC(C)(C)O[C@@]3(CC1)C2(C)C. The zero-order chi connectivity index (χ0) is 23.9. The molecule has 3 atom stereocenters. The van der Waals surface area contributed by atoms with Gasteiger partial charge in [-0.05, 0) is 45.7 Å². The minimum absolute atomic E-state index is 0.0241. The molecule has 7 nitrogen and oxygen atoms in total. The smallest absolute Gasteiger partial charge is 0.254 e. The maximum atomic E-state index is 14.3. The van der Waals surface area contributed by atoms with E-state index in [0.29, 0.717) is 18.4 Å². The Morgan fingerprint density at radius 3 is 2.27 bits per heavy atom. The minimum Gasteiger partial charge on any atom is -0.344 e. The summed E-state index contributed by atoms with van der Waals surface area (Å²) < 4.78 is 52.9. The van der Waals surface area contributed by atoms with Crippen molar-refractivity contribution in [2.45, 2.75) is 87.3 Å². The Labute approximate surface area is 195 Å². The summed E-state index contributed by atoms with van der Waals surface area (Å²) in [7, 11) is -4.05.